The average molecular weight is 1200 g/mol. The van der Waals surface area contributed by atoms with Gasteiger partial charge >= 0.3 is 6.18 Å². The molecule has 10 heteroatoms. The Morgan fingerprint density at radius 2 is 0.613 bits per heavy atom. The fraction of sp³-hybridized carbons (Fsp3) is 0.0241. The van der Waals surface area contributed by atoms with E-state index < -0.39 is 11.7 Å². The van der Waals surface area contributed by atoms with Gasteiger partial charge in [-0.15, -0.1) is 0 Å². The van der Waals surface area contributed by atoms with E-state index in [1.807, 2.05) is 228 Å². The lowest BCUT2D eigenvalue weighted by Crippen LogP contribution is -2.12. The van der Waals surface area contributed by atoms with Gasteiger partial charge in [0.1, 0.15) is 0 Å². The predicted molar refractivity (Wildman–Crippen MR) is 370 cm³/mol. The van der Waals surface area contributed by atoms with Gasteiger partial charge in [0.15, 0.2) is 0 Å². The Balaban J connectivity index is 0.955. The summed E-state index contributed by atoms with van der Waals surface area (Å²) in [6.45, 7) is 1.73. The van der Waals surface area contributed by atoms with Crippen molar-refractivity contribution < 1.29 is 13.2 Å². The third kappa shape index (κ3) is 10.1. The van der Waals surface area contributed by atoms with Crippen molar-refractivity contribution in [3.05, 3.63) is 314 Å². The molecule has 0 spiro atoms. The second kappa shape index (κ2) is 22.9. The summed E-state index contributed by atoms with van der Waals surface area (Å²) in [7, 11) is 0. The van der Waals surface area contributed by atoms with Crippen LogP contribution in [-0.2, 0) is 6.18 Å². The highest BCUT2D eigenvalue weighted by Gasteiger charge is 2.37. The van der Waals surface area contributed by atoms with Crippen molar-refractivity contribution >= 4 is 43.6 Å². The fourth-order valence-corrected chi connectivity index (χ4v) is 13.2. The van der Waals surface area contributed by atoms with Gasteiger partial charge in [-0.1, -0.05) is 182 Å². The number of halogens is 3. The van der Waals surface area contributed by atoms with Crippen molar-refractivity contribution in [1.82, 2.24) is 29.1 Å². The van der Waals surface area contributed by atoms with Gasteiger partial charge in [0, 0.05) is 102 Å². The summed E-state index contributed by atoms with van der Waals surface area (Å²) in [5, 5.41) is 14.8. The van der Waals surface area contributed by atoms with Crippen molar-refractivity contribution in [2.24, 2.45) is 0 Å². The number of alkyl halides is 3. The van der Waals surface area contributed by atoms with Crippen LogP contribution in [0.1, 0.15) is 16.7 Å². The van der Waals surface area contributed by atoms with Crippen molar-refractivity contribution in [2.45, 2.75) is 13.1 Å². The summed E-state index contributed by atoms with van der Waals surface area (Å²) < 4.78 is 52.8. The molecule has 6 aromatic heterocycles. The zero-order valence-electron chi connectivity index (χ0n) is 50.1. The van der Waals surface area contributed by atoms with Gasteiger partial charge in [-0.3, -0.25) is 19.9 Å². The minimum Gasteiger partial charge on any atom is -0.308 e. The lowest BCUT2D eigenvalue weighted by Gasteiger charge is -2.24. The molecule has 440 valence electrons. The van der Waals surface area contributed by atoms with Crippen LogP contribution >= 0.6 is 0 Å². The maximum Gasteiger partial charge on any atom is 0.417 e. The highest BCUT2D eigenvalue weighted by Crippen LogP contribution is 2.49. The molecule has 0 unspecified atom stereocenters. The molecular formula is C83H52F3N7. The van der Waals surface area contributed by atoms with Crippen LogP contribution in [0.3, 0.4) is 0 Å². The number of nitriles is 1. The van der Waals surface area contributed by atoms with E-state index >= 15 is 13.2 Å². The number of aryl methyl sites for hydroxylation is 1. The van der Waals surface area contributed by atoms with Crippen LogP contribution in [0.15, 0.2) is 298 Å². The Bertz CT molecular complexity index is 4980. The van der Waals surface area contributed by atoms with Crippen LogP contribution in [0.5, 0.6) is 0 Å². The molecule has 0 amide bonds. The number of benzene rings is 10. The van der Waals surface area contributed by atoms with Gasteiger partial charge < -0.3 is 9.13 Å². The minimum absolute atomic E-state index is 0.00529. The summed E-state index contributed by atoms with van der Waals surface area (Å²) in [6.07, 6.45) is 2.71. The van der Waals surface area contributed by atoms with Crippen LogP contribution in [0.2, 0.25) is 0 Å². The van der Waals surface area contributed by atoms with Crippen molar-refractivity contribution in [3.63, 3.8) is 0 Å². The predicted octanol–water partition coefficient (Wildman–Crippen LogP) is 21.7. The Morgan fingerprint density at radius 3 is 0.882 bits per heavy atom. The summed E-state index contributed by atoms with van der Waals surface area (Å²) in [4.78, 5) is 19.6. The molecule has 93 heavy (non-hydrogen) atoms. The van der Waals surface area contributed by atoms with Crippen LogP contribution < -0.4 is 0 Å². The second-order valence-corrected chi connectivity index (χ2v) is 23.3. The van der Waals surface area contributed by atoms with E-state index in [9.17, 15) is 5.26 Å². The molecule has 0 atom stereocenters. The van der Waals surface area contributed by atoms with Gasteiger partial charge in [0.25, 0.3) is 0 Å². The van der Waals surface area contributed by atoms with Crippen molar-refractivity contribution in [1.29, 1.82) is 5.26 Å². The van der Waals surface area contributed by atoms with E-state index in [2.05, 4.69) is 54.6 Å². The van der Waals surface area contributed by atoms with E-state index in [-0.39, 0.29) is 11.1 Å². The summed E-state index contributed by atoms with van der Waals surface area (Å²) in [5.41, 5.74) is 18.3. The minimum atomic E-state index is -4.79. The SMILES string of the molecule is Cc1cccc(C(F)(F)F)c1-c1c(-n2c3ccc(-c4ccc(-c5ccccc5)nc4)cc3c3cc(-c4ccc(-c5ccccc5)nc4)ccc32)cc(C#N)cc1-n1c2ccc(-c3ccc(-c4ccccc4)nc3)cc2c2cc(-c3ccc(-c4ccccc4)nc3)ccc21. The molecule has 0 aliphatic heterocycles. The zero-order valence-corrected chi connectivity index (χ0v) is 50.1. The van der Waals surface area contributed by atoms with E-state index in [1.165, 1.54) is 6.07 Å². The van der Waals surface area contributed by atoms with Gasteiger partial charge in [-0.2, -0.15) is 18.4 Å². The van der Waals surface area contributed by atoms with Gasteiger partial charge in [0.05, 0.1) is 73.4 Å². The highest BCUT2D eigenvalue weighted by molar-refractivity contribution is 6.15. The average Bonchev–Trinajstić information content (AvgIpc) is 1.52. The Kier molecular flexibility index (Phi) is 13.8. The first-order valence-corrected chi connectivity index (χ1v) is 30.6. The summed E-state index contributed by atoms with van der Waals surface area (Å²) >= 11 is 0. The maximum absolute atomic E-state index is 16.2. The molecule has 0 saturated heterocycles. The largest absolute Gasteiger partial charge is 0.417 e. The molecular weight excluding hydrogens is 1150 g/mol. The lowest BCUT2D eigenvalue weighted by atomic mass is 9.90. The third-order valence-corrected chi connectivity index (χ3v) is 17.7. The zero-order chi connectivity index (χ0) is 62.7. The number of rotatable bonds is 11. The standard InChI is InChI=1S/C83H52F3N7/c1-52-15-14-24-70(83(84,85)86)81(52)82-79(92-75-37-29-58(62-25-33-71(88-48-62)54-16-6-2-7-17-54)43-66(75)67-44-59(30-38-76(67)92)63-26-34-72(89-49-63)55-18-8-3-9-19-55)41-53(47-87)42-80(82)93-77-39-31-60(64-27-35-73(90-50-64)56-20-10-4-11-21-56)45-68(77)69-46-61(32-40-78(69)93)65-28-36-74(91-51-65)57-22-12-5-13-23-57/h2-46,48-51H,1H3. The molecule has 0 saturated carbocycles. The highest BCUT2D eigenvalue weighted by atomic mass is 19.4. The number of pyridine rings is 4. The fourth-order valence-electron chi connectivity index (χ4n) is 13.2. The molecule has 16 rings (SSSR count). The smallest absolute Gasteiger partial charge is 0.308 e. The summed E-state index contributed by atoms with van der Waals surface area (Å²) in [5.74, 6) is 0. The Hall–Kier alpha value is -12.3. The molecule has 0 fully saturated rings. The van der Waals surface area contributed by atoms with Gasteiger partial charge in [0.2, 0.25) is 0 Å². The van der Waals surface area contributed by atoms with Crippen molar-refractivity contribution in [3.8, 4) is 118 Å². The van der Waals surface area contributed by atoms with Crippen LogP contribution in [0.25, 0.3) is 156 Å². The van der Waals surface area contributed by atoms with Gasteiger partial charge in [-0.25, -0.2) is 0 Å². The van der Waals surface area contributed by atoms with Gasteiger partial charge in [-0.05, 0) is 126 Å². The van der Waals surface area contributed by atoms with Crippen LogP contribution in [-0.4, -0.2) is 29.1 Å². The third-order valence-electron chi connectivity index (χ3n) is 17.7. The Labute approximate surface area is 533 Å². The monoisotopic (exact) mass is 1200 g/mol. The van der Waals surface area contributed by atoms with E-state index in [0.717, 1.165) is 139 Å². The second-order valence-electron chi connectivity index (χ2n) is 23.3. The summed E-state index contributed by atoms with van der Waals surface area (Å²) in [6, 6.07) is 91.5. The van der Waals surface area contributed by atoms with Crippen molar-refractivity contribution in [2.75, 3.05) is 0 Å². The quantitative estimate of drug-likeness (QED) is 0.129. The Morgan fingerprint density at radius 1 is 0.312 bits per heavy atom. The number of fused-ring (bicyclic) bond motifs is 6. The molecule has 6 heterocycles. The maximum atomic E-state index is 16.2. The first-order chi connectivity index (χ1) is 45.6. The number of nitrogens with zero attached hydrogens (tertiary/aromatic N) is 7. The molecule has 0 radical (unpaired) electrons. The van der Waals surface area contributed by atoms with Crippen LogP contribution in [0, 0.1) is 18.3 Å². The van der Waals surface area contributed by atoms with E-state index in [4.69, 9.17) is 19.9 Å². The number of aromatic nitrogens is 6. The molecule has 0 bridgehead atoms. The molecule has 16 aromatic rings. The molecule has 0 aliphatic carbocycles. The molecule has 0 aliphatic rings. The van der Waals surface area contributed by atoms with Crippen LogP contribution in [0.4, 0.5) is 13.2 Å². The molecule has 10 aromatic carbocycles. The lowest BCUT2D eigenvalue weighted by molar-refractivity contribution is -0.137. The van der Waals surface area contributed by atoms with E-state index in [0.29, 0.717) is 22.5 Å². The molecule has 0 N–H and O–H groups in total. The van der Waals surface area contributed by atoms with E-state index in [1.54, 1.807) is 25.1 Å². The topological polar surface area (TPSA) is 85.2 Å². The number of hydrogen-bond donors (Lipinski definition) is 0. The molecule has 7 nitrogen and oxygen atoms in total. The normalized spacial score (nSPS) is 11.6. The first kappa shape index (κ1) is 56.0. The first-order valence-electron chi connectivity index (χ1n) is 30.6. The number of hydrogen-bond acceptors (Lipinski definition) is 5.